The van der Waals surface area contributed by atoms with Gasteiger partial charge in [-0.1, -0.05) is 0 Å². The van der Waals surface area contributed by atoms with Gasteiger partial charge in [-0.05, 0) is 0 Å². The summed E-state index contributed by atoms with van der Waals surface area (Å²) < 4.78 is 21.9. The third-order valence-electron chi connectivity index (χ3n) is 2.53. The first-order valence-electron chi connectivity index (χ1n) is 6.91. The molecule has 0 aromatic rings. The van der Waals surface area contributed by atoms with Crippen LogP contribution in [0.15, 0.2) is 0 Å². The van der Waals surface area contributed by atoms with Crippen LogP contribution in [0.25, 0.3) is 0 Å². The van der Waals surface area contributed by atoms with Crippen LogP contribution in [-0.2, 0) is 18.9 Å². The van der Waals surface area contributed by atoms with Crippen molar-refractivity contribution in [1.29, 1.82) is 0 Å². The largest absolute Gasteiger partial charge is 0.378 e. The second-order valence-corrected chi connectivity index (χ2v) is 4.95. The van der Waals surface area contributed by atoms with Crippen molar-refractivity contribution in [3.63, 3.8) is 0 Å². The first-order valence-corrected chi connectivity index (χ1v) is 7.58. The van der Waals surface area contributed by atoms with Crippen LogP contribution in [0.1, 0.15) is 0 Å². The first kappa shape index (κ1) is 17.2. The predicted octanol–water partition coefficient (Wildman–Crippen LogP) is -0.553. The molecule has 1 rings (SSSR count). The van der Waals surface area contributed by atoms with E-state index in [1.54, 1.807) is 0 Å². The summed E-state index contributed by atoms with van der Waals surface area (Å²) in [6, 6.07) is 0. The van der Waals surface area contributed by atoms with E-state index in [0.717, 1.165) is 26.2 Å². The summed E-state index contributed by atoms with van der Waals surface area (Å²) in [6.07, 6.45) is 0. The minimum atomic E-state index is 0.0558. The Labute approximate surface area is 118 Å². The van der Waals surface area contributed by atoms with Crippen LogP contribution >= 0.6 is 9.24 Å². The molecule has 0 saturated carbocycles. The van der Waals surface area contributed by atoms with Gasteiger partial charge in [-0.25, -0.2) is 0 Å². The molecular formula is C12H27N2O4P. The van der Waals surface area contributed by atoms with E-state index in [4.69, 9.17) is 18.9 Å². The van der Waals surface area contributed by atoms with Crippen LogP contribution in [0.5, 0.6) is 0 Å². The Morgan fingerprint density at radius 3 is 1.84 bits per heavy atom. The molecule has 114 valence electrons. The number of hydrogen-bond donors (Lipinski definition) is 2. The van der Waals surface area contributed by atoms with Crippen molar-refractivity contribution in [2.45, 2.75) is 5.85 Å². The Bertz CT molecular complexity index is 183. The molecule has 0 bridgehead atoms. The lowest BCUT2D eigenvalue weighted by atomic mass is 10.6. The zero-order valence-electron chi connectivity index (χ0n) is 11.6. The molecule has 1 heterocycles. The molecule has 0 aromatic carbocycles. The number of nitrogens with one attached hydrogen (secondary N) is 2. The Morgan fingerprint density at radius 1 is 0.684 bits per heavy atom. The summed E-state index contributed by atoms with van der Waals surface area (Å²) in [7, 11) is 2.65. The number of rotatable bonds is 0. The monoisotopic (exact) mass is 294 g/mol. The van der Waals surface area contributed by atoms with Gasteiger partial charge in [0.05, 0.1) is 52.1 Å². The minimum Gasteiger partial charge on any atom is -0.378 e. The van der Waals surface area contributed by atoms with E-state index in [-0.39, 0.29) is 5.85 Å². The highest BCUT2D eigenvalue weighted by molar-refractivity contribution is 7.17. The first-order chi connectivity index (χ1) is 9.39. The van der Waals surface area contributed by atoms with Crippen LogP contribution in [0.3, 0.4) is 0 Å². The molecule has 0 amide bonds. The molecule has 1 fully saturated rings. The Hall–Kier alpha value is 0.190. The van der Waals surface area contributed by atoms with Gasteiger partial charge in [0.25, 0.3) is 0 Å². The fourth-order valence-corrected chi connectivity index (χ4v) is 1.81. The molecule has 0 aromatic heterocycles. The maximum Gasteiger partial charge on any atom is 0.0941 e. The zero-order valence-corrected chi connectivity index (χ0v) is 12.7. The highest BCUT2D eigenvalue weighted by atomic mass is 31.0. The molecule has 19 heavy (non-hydrogen) atoms. The van der Waals surface area contributed by atoms with Crippen molar-refractivity contribution in [1.82, 2.24) is 10.6 Å². The third kappa shape index (κ3) is 11.7. The van der Waals surface area contributed by atoms with Crippen molar-refractivity contribution in [2.75, 3.05) is 72.4 Å². The fraction of sp³-hybridized carbons (Fsp3) is 1.00. The van der Waals surface area contributed by atoms with Crippen molar-refractivity contribution in [3.8, 4) is 0 Å². The topological polar surface area (TPSA) is 61.0 Å². The van der Waals surface area contributed by atoms with E-state index >= 15 is 0 Å². The summed E-state index contributed by atoms with van der Waals surface area (Å²) in [6.45, 7) is 8.01. The molecule has 0 radical (unpaired) electrons. The molecule has 2 N–H and O–H groups in total. The van der Waals surface area contributed by atoms with Crippen LogP contribution in [0, 0.1) is 0 Å². The lowest BCUT2D eigenvalue weighted by Crippen LogP contribution is -2.28. The molecule has 6 nitrogen and oxygen atoms in total. The Morgan fingerprint density at radius 2 is 1.21 bits per heavy atom. The quantitative estimate of drug-likeness (QED) is 0.585. The van der Waals surface area contributed by atoms with E-state index < -0.39 is 0 Å². The summed E-state index contributed by atoms with van der Waals surface area (Å²) in [4.78, 5) is 0. The van der Waals surface area contributed by atoms with E-state index in [1.165, 1.54) is 0 Å². The van der Waals surface area contributed by atoms with Crippen molar-refractivity contribution in [2.24, 2.45) is 0 Å². The summed E-state index contributed by atoms with van der Waals surface area (Å²) in [5, 5.41) is 6.52. The van der Waals surface area contributed by atoms with Gasteiger partial charge < -0.3 is 29.6 Å². The van der Waals surface area contributed by atoms with E-state index in [0.29, 0.717) is 46.2 Å². The molecule has 0 spiro atoms. The lowest BCUT2D eigenvalue weighted by molar-refractivity contribution is 0.0257. The Kier molecular flexibility index (Phi) is 12.0. The maximum atomic E-state index is 5.58. The zero-order chi connectivity index (χ0) is 13.6. The molecule has 2 unspecified atom stereocenters. The van der Waals surface area contributed by atoms with Crippen LogP contribution in [0.4, 0.5) is 0 Å². The van der Waals surface area contributed by atoms with Gasteiger partial charge in [0.2, 0.25) is 0 Å². The minimum absolute atomic E-state index is 0.0558. The van der Waals surface area contributed by atoms with Crippen LogP contribution < -0.4 is 10.6 Å². The standard InChI is InChI=1S/C12H27N2O4P/c19-12-11-17-7-3-13-1-5-15-9-10-16-6-2-14-4-8-18-12/h12-14H,1-11,19H2. The molecule has 0 aliphatic carbocycles. The van der Waals surface area contributed by atoms with Gasteiger partial charge >= 0.3 is 0 Å². The molecule has 2 atom stereocenters. The molecule has 1 saturated heterocycles. The van der Waals surface area contributed by atoms with E-state index in [9.17, 15) is 0 Å². The van der Waals surface area contributed by atoms with Crippen molar-refractivity contribution >= 4 is 9.24 Å². The third-order valence-corrected chi connectivity index (χ3v) is 2.92. The normalized spacial score (nSPS) is 27.3. The molecule has 1 aliphatic rings. The average Bonchev–Trinajstić information content (AvgIpc) is 2.41. The SMILES string of the molecule is PC1COCCNCCOCCOCCNCCO1. The van der Waals surface area contributed by atoms with Crippen LogP contribution in [-0.4, -0.2) is 78.3 Å². The predicted molar refractivity (Wildman–Crippen MR) is 77.6 cm³/mol. The van der Waals surface area contributed by atoms with E-state index in [1.807, 2.05) is 0 Å². The molecular weight excluding hydrogens is 267 g/mol. The van der Waals surface area contributed by atoms with Gasteiger partial charge in [0.15, 0.2) is 0 Å². The van der Waals surface area contributed by atoms with Crippen LogP contribution in [0.2, 0.25) is 0 Å². The lowest BCUT2D eigenvalue weighted by Gasteiger charge is -2.14. The number of ether oxygens (including phenoxy) is 4. The molecule has 7 heteroatoms. The van der Waals surface area contributed by atoms with Gasteiger partial charge in [-0.15, -0.1) is 9.24 Å². The summed E-state index contributed by atoms with van der Waals surface area (Å²) in [5.41, 5.74) is 0. The average molecular weight is 294 g/mol. The van der Waals surface area contributed by atoms with Gasteiger partial charge in [-0.2, -0.15) is 0 Å². The second kappa shape index (κ2) is 13.2. The Balaban J connectivity index is 2.08. The summed E-state index contributed by atoms with van der Waals surface area (Å²) >= 11 is 0. The maximum absolute atomic E-state index is 5.58. The molecule has 1 aliphatic heterocycles. The smallest absolute Gasteiger partial charge is 0.0941 e. The van der Waals surface area contributed by atoms with Crippen molar-refractivity contribution in [3.05, 3.63) is 0 Å². The summed E-state index contributed by atoms with van der Waals surface area (Å²) in [5.74, 6) is 0.0558. The van der Waals surface area contributed by atoms with Gasteiger partial charge in [0, 0.05) is 26.2 Å². The highest BCUT2D eigenvalue weighted by Crippen LogP contribution is 2.01. The second-order valence-electron chi connectivity index (χ2n) is 4.21. The van der Waals surface area contributed by atoms with Gasteiger partial charge in [-0.3, -0.25) is 0 Å². The van der Waals surface area contributed by atoms with E-state index in [2.05, 4.69) is 19.9 Å². The van der Waals surface area contributed by atoms with Gasteiger partial charge in [0.1, 0.15) is 0 Å². The fourth-order valence-electron chi connectivity index (χ4n) is 1.54. The van der Waals surface area contributed by atoms with Crippen molar-refractivity contribution < 1.29 is 18.9 Å². The highest BCUT2D eigenvalue weighted by Gasteiger charge is 2.02. The number of hydrogen-bond acceptors (Lipinski definition) is 6.